The van der Waals surface area contributed by atoms with Gasteiger partial charge < -0.3 is 88.2 Å². The number of carbonyl (C=O) groups is 13. The number of esters is 9. The summed E-state index contributed by atoms with van der Waals surface area (Å²) in [6.07, 6.45) is 62.1. The van der Waals surface area contributed by atoms with Gasteiger partial charge in [-0.15, -0.1) is 0 Å². The molecule has 876 valence electrons. The second-order valence-electron chi connectivity index (χ2n) is 40.2. The molecule has 0 aliphatic rings. The van der Waals surface area contributed by atoms with Gasteiger partial charge in [-0.2, -0.15) is 0 Å². The predicted molar refractivity (Wildman–Crippen MR) is 590 cm³/mol. The van der Waals surface area contributed by atoms with Crippen molar-refractivity contribution in [3.63, 3.8) is 0 Å². The van der Waals surface area contributed by atoms with Gasteiger partial charge in [-0.05, 0) is 123 Å². The van der Waals surface area contributed by atoms with E-state index in [0.29, 0.717) is 58.5 Å². The largest absolute Gasteiger partial charge is 0.481 e. The summed E-state index contributed by atoms with van der Waals surface area (Å²) in [4.78, 5) is 160. The van der Waals surface area contributed by atoms with Crippen molar-refractivity contribution < 1.29 is 141 Å². The molecule has 0 aromatic heterocycles. The van der Waals surface area contributed by atoms with Gasteiger partial charge in [0.05, 0.1) is 116 Å². The van der Waals surface area contributed by atoms with E-state index in [1.54, 1.807) is 0 Å². The number of carbonyl (C=O) groups excluding carboxylic acids is 10. The number of halogens is 1. The van der Waals surface area contributed by atoms with Gasteiger partial charge in [0.1, 0.15) is 0 Å². The van der Waals surface area contributed by atoms with E-state index in [2.05, 4.69) is 74.1 Å². The fourth-order valence-electron chi connectivity index (χ4n) is 15.5. The van der Waals surface area contributed by atoms with E-state index in [1.807, 2.05) is 33.1 Å². The highest BCUT2D eigenvalue weighted by atomic mass is 35.5. The molecule has 0 saturated heterocycles. The maximum absolute atomic E-state index is 13.7. The minimum Gasteiger partial charge on any atom is -0.481 e. The number of hydrogen-bond acceptors (Lipinski definition) is 28. The monoisotopic (exact) mass is 2140 g/mol. The fraction of sp³-hybridized carbons (Fsp3) is 0.888. The van der Waals surface area contributed by atoms with Crippen molar-refractivity contribution in [1.82, 2.24) is 9.80 Å². The van der Waals surface area contributed by atoms with Crippen molar-refractivity contribution >= 4 is 88.5 Å². The summed E-state index contributed by atoms with van der Waals surface area (Å²) in [5.74, 6) is -11.1. The van der Waals surface area contributed by atoms with Crippen molar-refractivity contribution in [2.75, 3.05) is 107 Å². The van der Waals surface area contributed by atoms with Crippen LogP contribution in [0.2, 0.25) is 0 Å². The highest BCUT2D eigenvalue weighted by Gasteiger charge is 2.47. The average Bonchev–Trinajstić information content (AvgIpc) is 0.591. The highest BCUT2D eigenvalue weighted by Crippen LogP contribution is 2.37. The maximum Gasteiger partial charge on any atom is 0.339 e. The van der Waals surface area contributed by atoms with E-state index in [-0.39, 0.29) is 65.2 Å². The molecule has 0 heterocycles. The lowest BCUT2D eigenvalue weighted by Crippen LogP contribution is -2.45. The highest BCUT2D eigenvalue weighted by molar-refractivity contribution is 6.63. The number of aliphatic carboxylic acids is 3. The molecule has 31 nitrogen and oxygen atoms in total. The third-order valence-electron chi connectivity index (χ3n) is 24.7. The standard InChI is InChI=1S/C36H69NO6.2C30H56O7.C8H18O.C6H8O7.C5H10ClNO.CH4/c1-6-9-12-15-18-23-28-41-33(38)31-36(26-21-22-27-37(4)5,35(40)43-30-25-20-17-14-11-8-3)32-34(39)42-29-24-19-16-13-10-7-2;2*1-4-7-10-13-16-19-22-35-27(31)25-30(34,29(33)37-24-21-18-15-12-9-6-3)26-28(32)36-23-20-17-14-11-8-5-2;1-2-3-4-5-6-7-8-9;7-3(8)1-6(13,5(11)12)2-4(9)10;1-7(2)4-3-5(6)8;/h6-32H2,1-5H3;2*34H,4-26H2,1-3H3;9H,2-8H2,1H3;13H,1-2H2,(H,7,8)(H,9,10)(H,11,12);3-4H2,1-2H3;1H4. The minimum absolute atomic E-state index is 0. The lowest BCUT2D eigenvalue weighted by molar-refractivity contribution is -0.178. The number of ether oxygens (including phenoxy) is 9. The zero-order valence-corrected chi connectivity index (χ0v) is 96.0. The molecule has 0 unspecified atom stereocenters. The molecular formula is C116H221ClN2O29. The Hall–Kier alpha value is -6.64. The van der Waals surface area contributed by atoms with Crippen LogP contribution in [-0.2, 0) is 105 Å². The van der Waals surface area contributed by atoms with Crippen LogP contribution in [0.4, 0.5) is 0 Å². The molecule has 0 fully saturated rings. The Bertz CT molecular complexity index is 2920. The van der Waals surface area contributed by atoms with Crippen molar-refractivity contribution in [2.45, 2.75) is 556 Å². The summed E-state index contributed by atoms with van der Waals surface area (Å²) in [5, 5.41) is 64.0. The van der Waals surface area contributed by atoms with E-state index in [9.17, 15) is 72.5 Å². The molecule has 0 saturated carbocycles. The van der Waals surface area contributed by atoms with E-state index in [1.165, 1.54) is 154 Å². The van der Waals surface area contributed by atoms with Crippen LogP contribution in [0.5, 0.6) is 0 Å². The first-order valence-corrected chi connectivity index (χ1v) is 58.2. The minimum atomic E-state index is -2.74. The van der Waals surface area contributed by atoms with Gasteiger partial charge in [-0.1, -0.05) is 404 Å². The number of carboxylic acids is 3. The van der Waals surface area contributed by atoms with Crippen LogP contribution in [0.1, 0.15) is 539 Å². The quantitative estimate of drug-likeness (QED) is 0.0129. The first kappa shape index (κ1) is 154. The topological polar surface area (TPSA) is 453 Å². The number of unbranched alkanes of at least 4 members (excludes halogenated alkanes) is 51. The number of carboxylic acid groups (broad SMARTS) is 3. The molecule has 0 radical (unpaired) electrons. The maximum atomic E-state index is 13.7. The summed E-state index contributed by atoms with van der Waals surface area (Å²) in [6, 6.07) is 0. The first-order chi connectivity index (χ1) is 70.4. The molecule has 0 aromatic carbocycles. The lowest BCUT2D eigenvalue weighted by atomic mass is 9.76. The number of rotatable bonds is 97. The molecule has 0 amide bonds. The van der Waals surface area contributed by atoms with Gasteiger partial charge in [-0.3, -0.25) is 47.9 Å². The molecule has 0 bridgehead atoms. The molecule has 32 heteroatoms. The van der Waals surface area contributed by atoms with E-state index >= 15 is 0 Å². The Morgan fingerprint density at radius 1 is 0.230 bits per heavy atom. The number of aliphatic hydroxyl groups is 4. The summed E-state index contributed by atoms with van der Waals surface area (Å²) < 4.78 is 48.5. The van der Waals surface area contributed by atoms with Gasteiger partial charge >= 0.3 is 71.6 Å². The van der Waals surface area contributed by atoms with Crippen molar-refractivity contribution in [1.29, 1.82) is 0 Å². The van der Waals surface area contributed by atoms with E-state index in [4.69, 9.17) is 79.8 Å². The summed E-state index contributed by atoms with van der Waals surface area (Å²) in [6.45, 7) is 25.9. The van der Waals surface area contributed by atoms with E-state index in [0.717, 1.165) is 238 Å². The summed E-state index contributed by atoms with van der Waals surface area (Å²) in [5.41, 5.74) is -8.56. The second kappa shape index (κ2) is 113. The zero-order chi connectivity index (χ0) is 111. The van der Waals surface area contributed by atoms with Gasteiger partial charge in [0.15, 0.2) is 16.8 Å². The summed E-state index contributed by atoms with van der Waals surface area (Å²) >= 11 is 5.06. The Kier molecular flexibility index (Phi) is 118. The third kappa shape index (κ3) is 108. The Morgan fingerprint density at radius 3 is 0.601 bits per heavy atom. The fourth-order valence-corrected chi connectivity index (χ4v) is 15.6. The lowest BCUT2D eigenvalue weighted by Gasteiger charge is -2.30. The molecule has 0 spiro atoms. The van der Waals surface area contributed by atoms with Gasteiger partial charge in [0, 0.05) is 19.6 Å². The second-order valence-corrected chi connectivity index (χ2v) is 40.6. The predicted octanol–water partition coefficient (Wildman–Crippen LogP) is 26.0. The molecule has 0 rings (SSSR count). The van der Waals surface area contributed by atoms with Crippen LogP contribution in [0, 0.1) is 5.41 Å². The molecule has 7 N–H and O–H groups in total. The summed E-state index contributed by atoms with van der Waals surface area (Å²) in [7, 11) is 7.84. The van der Waals surface area contributed by atoms with Gasteiger partial charge in [0.25, 0.3) is 0 Å². The molecule has 148 heavy (non-hydrogen) atoms. The van der Waals surface area contributed by atoms with Crippen LogP contribution in [0.25, 0.3) is 0 Å². The smallest absolute Gasteiger partial charge is 0.339 e. The van der Waals surface area contributed by atoms with Gasteiger partial charge in [0.2, 0.25) is 5.24 Å². The van der Waals surface area contributed by atoms with Crippen molar-refractivity contribution in [3.8, 4) is 0 Å². The molecular weight excluding hydrogens is 1920 g/mol. The Labute approximate surface area is 902 Å². The normalized spacial score (nSPS) is 11.1. The van der Waals surface area contributed by atoms with Crippen LogP contribution in [-0.4, -0.2) is 247 Å². The Morgan fingerprint density at radius 2 is 0.419 bits per heavy atom. The third-order valence-corrected chi connectivity index (χ3v) is 24.9. The van der Waals surface area contributed by atoms with Crippen molar-refractivity contribution in [2.24, 2.45) is 5.41 Å². The number of hydrogen-bond donors (Lipinski definition) is 7. The van der Waals surface area contributed by atoms with E-state index < -0.39 is 132 Å². The number of nitrogens with zero attached hydrogens (tertiary/aromatic N) is 2. The van der Waals surface area contributed by atoms with Crippen LogP contribution < -0.4 is 0 Å². The van der Waals surface area contributed by atoms with Crippen LogP contribution in [0.15, 0.2) is 0 Å². The zero-order valence-electron chi connectivity index (χ0n) is 95.3. The number of aliphatic hydroxyl groups excluding tert-OH is 1. The average molecular weight is 2140 g/mol. The van der Waals surface area contributed by atoms with Gasteiger partial charge in [-0.25, -0.2) is 14.4 Å². The Balaban J connectivity index is -0.000000351. The molecule has 0 aliphatic heterocycles. The molecule has 0 aromatic rings. The molecule has 0 aliphatic carbocycles. The first-order valence-electron chi connectivity index (χ1n) is 57.8. The van der Waals surface area contributed by atoms with Crippen molar-refractivity contribution in [3.05, 3.63) is 0 Å². The molecule has 0 atom stereocenters. The van der Waals surface area contributed by atoms with Crippen LogP contribution in [0.3, 0.4) is 0 Å². The van der Waals surface area contributed by atoms with Crippen LogP contribution >= 0.6 is 11.6 Å². The SMILES string of the molecule is C.CCCCCCCCO.CCCCCCCCOC(=O)CC(CCCCN(C)C)(CC(=O)OCCCCCCCC)C(=O)OCCCCCCCC.CCCCCCCCOC(=O)CC(O)(CC(=O)OCCCCCCCC)C(=O)OCCCCCCCC.CCCCCCCCOC(=O)CC(O)(CC(=O)OCCCCCCCC)C(=O)OCCCCCCCC.CN(C)CCC(=O)Cl.O=C(O)CC(O)(CC(=O)O)C(=O)O.